The molecule has 4 spiro atoms. The van der Waals surface area contributed by atoms with Crippen molar-refractivity contribution in [3.8, 4) is 94.7 Å². The van der Waals surface area contributed by atoms with Gasteiger partial charge in [-0.2, -0.15) is 0 Å². The molecule has 2 heterocycles. The van der Waals surface area contributed by atoms with E-state index in [1.54, 1.807) is 0 Å². The Labute approximate surface area is 743 Å². The van der Waals surface area contributed by atoms with E-state index in [0.29, 0.717) is 0 Å². The predicted octanol–water partition coefficient (Wildman–Crippen LogP) is 30.2. The summed E-state index contributed by atoms with van der Waals surface area (Å²) in [5, 5.41) is 14.1. The highest BCUT2D eigenvalue weighted by molar-refractivity contribution is 6.16. The predicted molar refractivity (Wildman–Crippen MR) is 526 cm³/mol. The second-order valence-corrected chi connectivity index (χ2v) is 34.9. The Bertz CT molecular complexity index is 7900. The number of nitrogens with zero attached hydrogens (tertiary/aromatic N) is 2. The number of nitrogens with one attached hydrogen (secondary N) is 3. The van der Waals surface area contributed by atoms with Crippen LogP contribution < -0.4 is 16.0 Å². The summed E-state index contributed by atoms with van der Waals surface area (Å²) in [4.78, 5) is 4.51. The van der Waals surface area contributed by atoms with E-state index in [4.69, 9.17) is 0 Å². The quantitative estimate of drug-likeness (QED) is 0.149. The van der Waals surface area contributed by atoms with E-state index >= 15 is 0 Å². The van der Waals surface area contributed by atoms with Crippen molar-refractivity contribution in [1.29, 1.82) is 0 Å². The minimum absolute atomic E-state index is 0.305. The second-order valence-electron chi connectivity index (χ2n) is 34.9. The van der Waals surface area contributed by atoms with Gasteiger partial charge in [-0.1, -0.05) is 388 Å². The molecule has 0 unspecified atom stereocenters. The van der Waals surface area contributed by atoms with Crippen molar-refractivity contribution in [3.63, 3.8) is 0 Å². The second kappa shape index (κ2) is 27.5. The summed E-state index contributed by atoms with van der Waals surface area (Å²) in [6.45, 7) is 0. The Morgan fingerprint density at radius 2 is 0.406 bits per heavy atom. The first-order valence-corrected chi connectivity index (χ1v) is 44.6. The van der Waals surface area contributed by atoms with Crippen molar-refractivity contribution in [1.82, 2.24) is 9.55 Å². The van der Waals surface area contributed by atoms with Crippen LogP contribution >= 0.6 is 0 Å². The van der Waals surface area contributed by atoms with Crippen molar-refractivity contribution in [2.24, 2.45) is 0 Å². The lowest BCUT2D eigenvalue weighted by Crippen LogP contribution is -2.25. The lowest BCUT2D eigenvalue weighted by atomic mass is 9.70. The summed E-state index contributed by atoms with van der Waals surface area (Å²) in [7, 11) is 0. The van der Waals surface area contributed by atoms with E-state index in [-0.39, 0.29) is 21.7 Å². The lowest BCUT2D eigenvalue weighted by Gasteiger charge is -2.30. The van der Waals surface area contributed by atoms with Crippen LogP contribution in [0.2, 0.25) is 0 Å². The largest absolute Gasteiger partial charge is 0.354 e. The maximum atomic E-state index is 4.51. The van der Waals surface area contributed by atoms with Gasteiger partial charge < -0.3 is 20.5 Å². The number of hydrogen-bond donors (Lipinski definition) is 3. The molecule has 0 aliphatic heterocycles. The molecule has 128 heavy (non-hydrogen) atoms. The van der Waals surface area contributed by atoms with Gasteiger partial charge in [0, 0.05) is 73.3 Å². The Hall–Kier alpha value is -16.5. The summed E-state index contributed by atoms with van der Waals surface area (Å²) in [6.07, 6.45) is 1.82. The fourth-order valence-corrected chi connectivity index (χ4v) is 24.8. The van der Waals surface area contributed by atoms with Crippen LogP contribution in [0.3, 0.4) is 0 Å². The van der Waals surface area contributed by atoms with Crippen LogP contribution in [-0.4, -0.2) is 9.55 Å². The van der Waals surface area contributed by atoms with Gasteiger partial charge in [0.05, 0.1) is 32.7 Å². The van der Waals surface area contributed by atoms with Crippen LogP contribution in [0.1, 0.15) is 89.0 Å². The summed E-state index contributed by atoms with van der Waals surface area (Å²) >= 11 is 0. The number of para-hydroxylation sites is 2. The normalized spacial score (nSPS) is 14.2. The Balaban J connectivity index is 0.000000102. The van der Waals surface area contributed by atoms with Gasteiger partial charge in [0.15, 0.2) is 0 Å². The Kier molecular flexibility index (Phi) is 15.5. The third-order valence-electron chi connectivity index (χ3n) is 29.3. The molecule has 0 amide bonds. The fourth-order valence-electron chi connectivity index (χ4n) is 24.8. The van der Waals surface area contributed by atoms with Crippen LogP contribution in [0.15, 0.2) is 461 Å². The van der Waals surface area contributed by atoms with Gasteiger partial charge in [0.1, 0.15) is 5.82 Å². The molecule has 5 nitrogen and oxygen atoms in total. The molecule has 8 aliphatic carbocycles. The summed E-state index contributed by atoms with van der Waals surface area (Å²) < 4.78 is 2.38. The molecule has 0 saturated carbocycles. The molecule has 8 aliphatic rings. The maximum Gasteiger partial charge on any atom is 0.130 e. The molecule has 5 heteroatoms. The van der Waals surface area contributed by atoms with E-state index in [1.165, 1.54) is 200 Å². The molecule has 0 bridgehead atoms. The first kappa shape index (κ1) is 72.0. The molecule has 0 radical (unpaired) electrons. The van der Waals surface area contributed by atoms with Gasteiger partial charge in [0.25, 0.3) is 0 Å². The summed E-state index contributed by atoms with van der Waals surface area (Å²) in [5.41, 5.74) is 50.3. The zero-order chi connectivity index (χ0) is 84.0. The number of benzene rings is 19. The molecule has 2 aromatic heterocycles. The third kappa shape index (κ3) is 9.50. The molecule has 596 valence electrons. The van der Waals surface area contributed by atoms with Gasteiger partial charge in [-0.15, -0.1) is 0 Å². The van der Waals surface area contributed by atoms with Crippen molar-refractivity contribution < 1.29 is 0 Å². The standard InChI is InChI=1S/C50H31N.C43H28N2.C30H20N2/c1-7-21-37-31(15-1)32-16-2-8-22-38(32)49(37)41-25-11-5-19-35(41)47-43(49)27-13-29-45(47)51-46-30-14-28-44-48(46)36-20-6-12-26-42(36)50(44)39-23-9-3-17-33(39)34-18-4-10-24-40(34)50;1-2-14-28(15-3-1)45-39-26-11-7-19-32(39)42-38(25-13-27-40(42)45)44-37-24-12-23-36-41(37)31-18-6-10-22-35(31)43(36)33-20-8-4-16-29(33)30-17-5-9-21-34(30)43;1-4-13-23-20(10-1)21-11-2-5-14-24(21)30(23)25-15-6-3-12-22(25)29-26(30)16-9-17-27(29)32-28-18-7-8-19-31-28/h1-30,51H;1-27,44H;1-19H,(H,31,32). The highest BCUT2D eigenvalue weighted by Gasteiger charge is 2.57. The zero-order valence-electron chi connectivity index (χ0n) is 69.8. The fraction of sp³-hybridized carbons (Fsp3) is 0.0325. The molecule has 0 fully saturated rings. The molecular formula is C123H79N5. The third-order valence-corrected chi connectivity index (χ3v) is 29.3. The summed E-state index contributed by atoms with van der Waals surface area (Å²) in [5.74, 6) is 0.853. The molecule has 0 saturated heterocycles. The van der Waals surface area contributed by atoms with Crippen LogP contribution in [0.25, 0.3) is 117 Å². The van der Waals surface area contributed by atoms with Crippen molar-refractivity contribution in [2.75, 3.05) is 16.0 Å². The molecule has 19 aromatic carbocycles. The number of aromatic nitrogens is 2. The van der Waals surface area contributed by atoms with Crippen LogP contribution in [0.4, 0.5) is 34.3 Å². The highest BCUT2D eigenvalue weighted by Crippen LogP contribution is 2.70. The Morgan fingerprint density at radius 3 is 0.727 bits per heavy atom. The summed E-state index contributed by atoms with van der Waals surface area (Å²) in [6, 6.07) is 167. The Morgan fingerprint density at radius 1 is 0.172 bits per heavy atom. The average Bonchev–Trinajstić information content (AvgIpc) is 1.52. The molecular weight excluding hydrogens is 1550 g/mol. The van der Waals surface area contributed by atoms with Crippen molar-refractivity contribution in [3.05, 3.63) is 550 Å². The van der Waals surface area contributed by atoms with E-state index < -0.39 is 0 Å². The first-order valence-electron chi connectivity index (χ1n) is 44.6. The maximum absolute atomic E-state index is 4.51. The number of rotatable bonds is 7. The van der Waals surface area contributed by atoms with Gasteiger partial charge >= 0.3 is 0 Å². The monoisotopic (exact) mass is 1630 g/mol. The topological polar surface area (TPSA) is 53.9 Å². The minimum atomic E-state index is -0.372. The lowest BCUT2D eigenvalue weighted by molar-refractivity contribution is 0.793. The molecule has 21 aromatic rings. The molecule has 0 atom stereocenters. The van der Waals surface area contributed by atoms with E-state index in [9.17, 15) is 0 Å². The van der Waals surface area contributed by atoms with Gasteiger partial charge in [-0.25, -0.2) is 4.98 Å². The van der Waals surface area contributed by atoms with Crippen molar-refractivity contribution in [2.45, 2.75) is 21.7 Å². The van der Waals surface area contributed by atoms with Gasteiger partial charge in [-0.3, -0.25) is 0 Å². The minimum Gasteiger partial charge on any atom is -0.354 e. The first-order chi connectivity index (χ1) is 63.6. The number of anilines is 6. The molecule has 3 N–H and O–H groups in total. The van der Waals surface area contributed by atoms with E-state index in [1.807, 2.05) is 24.4 Å². The number of fused-ring (bicyclic) bond motifs is 43. The molecule has 29 rings (SSSR count). The highest BCUT2D eigenvalue weighted by atomic mass is 15.0. The smallest absolute Gasteiger partial charge is 0.130 e. The van der Waals surface area contributed by atoms with Crippen LogP contribution in [0.5, 0.6) is 0 Å². The van der Waals surface area contributed by atoms with Crippen LogP contribution in [-0.2, 0) is 21.7 Å². The SMILES string of the molecule is c1ccc(-n2c3ccccc3c3c(Nc4cccc5c4-c4ccccc4C54c5ccccc5-c5ccccc54)cccc32)cc1.c1ccc(Nc2cccc3c2-c2ccccc2C32c3ccccc3-c3ccccc32)nc1.c1ccc2c(c1)-c1ccccc1C21c2ccccc2-c2c(Nc3cccc4c3-c3ccccc3C43c4ccccc4-c4ccccc43)cccc21. The number of pyridine rings is 1. The van der Waals surface area contributed by atoms with E-state index in [2.05, 4.69) is 462 Å². The van der Waals surface area contributed by atoms with Crippen LogP contribution in [0, 0.1) is 0 Å². The number of hydrogen-bond acceptors (Lipinski definition) is 4. The van der Waals surface area contributed by atoms with Gasteiger partial charge in [0.2, 0.25) is 0 Å². The average molecular weight is 1630 g/mol. The zero-order valence-corrected chi connectivity index (χ0v) is 69.8. The van der Waals surface area contributed by atoms with Crippen molar-refractivity contribution >= 4 is 56.1 Å². The van der Waals surface area contributed by atoms with Gasteiger partial charge in [-0.05, 0) is 223 Å². The van der Waals surface area contributed by atoms with E-state index in [0.717, 1.165) is 39.9 Å².